The maximum absolute atomic E-state index is 14.0. The zero-order chi connectivity index (χ0) is 21.0. The van der Waals surface area contributed by atoms with Gasteiger partial charge in [0, 0.05) is 16.3 Å². The van der Waals surface area contributed by atoms with Crippen LogP contribution < -0.4 is 15.4 Å². The van der Waals surface area contributed by atoms with E-state index in [2.05, 4.69) is 10.6 Å². The summed E-state index contributed by atoms with van der Waals surface area (Å²) >= 11 is 5.73. The fourth-order valence-corrected chi connectivity index (χ4v) is 2.90. The summed E-state index contributed by atoms with van der Waals surface area (Å²) in [6, 6.07) is 15.7. The van der Waals surface area contributed by atoms with Crippen LogP contribution in [0.3, 0.4) is 0 Å². The van der Waals surface area contributed by atoms with Gasteiger partial charge in [-0.25, -0.2) is 4.39 Å². The Morgan fingerprint density at radius 1 is 0.966 bits per heavy atom. The number of amides is 2. The van der Waals surface area contributed by atoms with Gasteiger partial charge >= 0.3 is 0 Å². The Balaban J connectivity index is 1.83. The van der Waals surface area contributed by atoms with Crippen LogP contribution in [0.4, 0.5) is 15.8 Å². The van der Waals surface area contributed by atoms with Gasteiger partial charge in [-0.05, 0) is 55.5 Å². The first-order valence-electron chi connectivity index (χ1n) is 8.70. The van der Waals surface area contributed by atoms with E-state index >= 15 is 0 Å². The fraction of sp³-hybridized carbons (Fsp3) is 0.0909. The summed E-state index contributed by atoms with van der Waals surface area (Å²) in [5, 5.41) is 5.57. The van der Waals surface area contributed by atoms with E-state index in [1.165, 1.54) is 25.3 Å². The molecule has 0 saturated carbocycles. The second-order valence-electron chi connectivity index (χ2n) is 6.32. The molecule has 0 aliphatic heterocycles. The lowest BCUT2D eigenvalue weighted by molar-refractivity contribution is 0.101. The minimum atomic E-state index is -0.738. The second kappa shape index (κ2) is 8.75. The van der Waals surface area contributed by atoms with Crippen molar-refractivity contribution in [2.24, 2.45) is 0 Å². The highest BCUT2D eigenvalue weighted by Crippen LogP contribution is 2.29. The molecule has 7 heteroatoms. The summed E-state index contributed by atoms with van der Waals surface area (Å²) in [7, 11) is 1.44. The molecule has 0 aromatic heterocycles. The zero-order valence-electron chi connectivity index (χ0n) is 15.8. The molecule has 0 aliphatic carbocycles. The number of nitrogens with one attached hydrogen (secondary N) is 2. The van der Waals surface area contributed by atoms with Crippen LogP contribution in [0.25, 0.3) is 0 Å². The molecule has 0 saturated heterocycles. The summed E-state index contributed by atoms with van der Waals surface area (Å²) < 4.78 is 19.3. The smallest absolute Gasteiger partial charge is 0.258 e. The van der Waals surface area contributed by atoms with E-state index in [1.54, 1.807) is 30.3 Å². The lowest BCUT2D eigenvalue weighted by Crippen LogP contribution is -2.15. The fourth-order valence-electron chi connectivity index (χ4n) is 2.74. The molecule has 5 nitrogen and oxygen atoms in total. The van der Waals surface area contributed by atoms with Crippen molar-refractivity contribution in [2.75, 3.05) is 17.7 Å². The van der Waals surface area contributed by atoms with E-state index in [4.69, 9.17) is 16.3 Å². The van der Waals surface area contributed by atoms with Crippen LogP contribution in [-0.4, -0.2) is 18.9 Å². The molecule has 29 heavy (non-hydrogen) atoms. The molecule has 0 radical (unpaired) electrons. The van der Waals surface area contributed by atoms with E-state index in [0.717, 1.165) is 11.6 Å². The number of benzene rings is 3. The third kappa shape index (κ3) is 4.92. The Labute approximate surface area is 172 Å². The number of carbonyl (C=O) groups is 2. The Kier molecular flexibility index (Phi) is 6.14. The van der Waals surface area contributed by atoms with Crippen LogP contribution in [0.1, 0.15) is 26.3 Å². The molecule has 3 aromatic rings. The molecular formula is C22H18ClFN2O3. The lowest BCUT2D eigenvalue weighted by atomic mass is 10.1. The van der Waals surface area contributed by atoms with Crippen molar-refractivity contribution < 1.29 is 18.7 Å². The van der Waals surface area contributed by atoms with E-state index in [-0.39, 0.29) is 22.2 Å². The minimum absolute atomic E-state index is 0.161. The highest BCUT2D eigenvalue weighted by molar-refractivity contribution is 6.30. The summed E-state index contributed by atoms with van der Waals surface area (Å²) in [5.74, 6) is -1.33. The second-order valence-corrected chi connectivity index (χ2v) is 6.75. The molecule has 148 valence electrons. The van der Waals surface area contributed by atoms with Crippen molar-refractivity contribution in [2.45, 2.75) is 6.92 Å². The summed E-state index contributed by atoms with van der Waals surface area (Å²) in [6.07, 6.45) is 0. The SMILES string of the molecule is COc1ccc(NC(=O)c2cccc(C)c2)cc1NC(=O)c1ccc(Cl)cc1F. The van der Waals surface area contributed by atoms with Gasteiger partial charge in [0.05, 0.1) is 18.4 Å². The van der Waals surface area contributed by atoms with Gasteiger partial charge in [0.25, 0.3) is 11.8 Å². The van der Waals surface area contributed by atoms with Gasteiger partial charge in [0.1, 0.15) is 11.6 Å². The van der Waals surface area contributed by atoms with Crippen LogP contribution >= 0.6 is 11.6 Å². The molecule has 0 bridgehead atoms. The Morgan fingerprint density at radius 3 is 2.45 bits per heavy atom. The average molecular weight is 413 g/mol. The standard InChI is InChI=1S/C22H18ClFN2O3/c1-13-4-3-5-14(10-13)21(27)25-16-7-9-20(29-2)19(12-16)26-22(28)17-8-6-15(23)11-18(17)24/h3-12H,1-2H3,(H,25,27)(H,26,28). The van der Waals surface area contributed by atoms with E-state index in [0.29, 0.717) is 17.0 Å². The molecule has 2 amide bonds. The van der Waals surface area contributed by atoms with Crippen LogP contribution in [0.5, 0.6) is 5.75 Å². The summed E-state index contributed by atoms with van der Waals surface area (Å²) in [4.78, 5) is 24.9. The van der Waals surface area contributed by atoms with Crippen molar-refractivity contribution in [1.82, 2.24) is 0 Å². The third-order valence-electron chi connectivity index (χ3n) is 4.16. The number of rotatable bonds is 5. The lowest BCUT2D eigenvalue weighted by Gasteiger charge is -2.13. The van der Waals surface area contributed by atoms with Crippen molar-refractivity contribution in [3.63, 3.8) is 0 Å². The molecule has 0 unspecified atom stereocenters. The van der Waals surface area contributed by atoms with Crippen molar-refractivity contribution >= 4 is 34.8 Å². The average Bonchev–Trinajstić information content (AvgIpc) is 2.68. The maximum atomic E-state index is 14.0. The first-order valence-corrected chi connectivity index (χ1v) is 9.07. The van der Waals surface area contributed by atoms with Gasteiger partial charge in [0.15, 0.2) is 0 Å². The first-order chi connectivity index (χ1) is 13.9. The zero-order valence-corrected chi connectivity index (χ0v) is 16.5. The maximum Gasteiger partial charge on any atom is 0.258 e. The number of anilines is 2. The molecule has 0 spiro atoms. The molecule has 0 fully saturated rings. The Bertz CT molecular complexity index is 1090. The molecule has 0 heterocycles. The number of hydrogen-bond donors (Lipinski definition) is 2. The van der Waals surface area contributed by atoms with Crippen molar-refractivity contribution in [3.05, 3.63) is 88.2 Å². The quantitative estimate of drug-likeness (QED) is 0.597. The van der Waals surface area contributed by atoms with E-state index in [9.17, 15) is 14.0 Å². The first kappa shape index (κ1) is 20.4. The van der Waals surface area contributed by atoms with Crippen LogP contribution in [-0.2, 0) is 0 Å². The molecule has 0 atom stereocenters. The molecule has 0 aliphatic rings. The van der Waals surface area contributed by atoms with Gasteiger partial charge in [0.2, 0.25) is 0 Å². The number of hydrogen-bond acceptors (Lipinski definition) is 3. The third-order valence-corrected chi connectivity index (χ3v) is 4.40. The van der Waals surface area contributed by atoms with Crippen molar-refractivity contribution in [1.29, 1.82) is 0 Å². The van der Waals surface area contributed by atoms with Crippen LogP contribution in [0, 0.1) is 12.7 Å². The van der Waals surface area contributed by atoms with Gasteiger partial charge in [-0.15, -0.1) is 0 Å². The normalized spacial score (nSPS) is 10.3. The van der Waals surface area contributed by atoms with Crippen LogP contribution in [0.2, 0.25) is 5.02 Å². The Hall–Kier alpha value is -3.38. The highest BCUT2D eigenvalue weighted by Gasteiger charge is 2.15. The summed E-state index contributed by atoms with van der Waals surface area (Å²) in [5.41, 5.74) is 2.05. The van der Waals surface area contributed by atoms with Crippen molar-refractivity contribution in [3.8, 4) is 5.75 Å². The molecular weight excluding hydrogens is 395 g/mol. The van der Waals surface area contributed by atoms with Crippen LogP contribution in [0.15, 0.2) is 60.7 Å². The van der Waals surface area contributed by atoms with Gasteiger partial charge in [-0.3, -0.25) is 9.59 Å². The Morgan fingerprint density at radius 2 is 1.76 bits per heavy atom. The molecule has 2 N–H and O–H groups in total. The van der Waals surface area contributed by atoms with Gasteiger partial charge in [-0.1, -0.05) is 29.3 Å². The highest BCUT2D eigenvalue weighted by atomic mass is 35.5. The van der Waals surface area contributed by atoms with E-state index < -0.39 is 11.7 Å². The number of halogens is 2. The minimum Gasteiger partial charge on any atom is -0.495 e. The number of carbonyl (C=O) groups excluding carboxylic acids is 2. The predicted octanol–water partition coefficient (Wildman–Crippen LogP) is 5.30. The number of aryl methyl sites for hydroxylation is 1. The van der Waals surface area contributed by atoms with Gasteiger partial charge in [-0.2, -0.15) is 0 Å². The summed E-state index contributed by atoms with van der Waals surface area (Å²) in [6.45, 7) is 1.90. The topological polar surface area (TPSA) is 67.4 Å². The monoisotopic (exact) mass is 412 g/mol. The number of methoxy groups -OCH3 is 1. The van der Waals surface area contributed by atoms with Gasteiger partial charge < -0.3 is 15.4 Å². The predicted molar refractivity (Wildman–Crippen MR) is 111 cm³/mol. The van der Waals surface area contributed by atoms with E-state index in [1.807, 2.05) is 13.0 Å². The molecule has 3 rings (SSSR count). The molecule has 3 aromatic carbocycles. The number of ether oxygens (including phenoxy) is 1. The largest absolute Gasteiger partial charge is 0.495 e.